The molecule has 4 unspecified atom stereocenters. The van der Waals surface area contributed by atoms with Crippen LogP contribution in [0.4, 0.5) is 8.78 Å². The van der Waals surface area contributed by atoms with Crippen LogP contribution in [-0.4, -0.2) is 47.9 Å². The van der Waals surface area contributed by atoms with Crippen LogP contribution in [0.25, 0.3) is 0 Å². The molecule has 1 amide bonds. The Balaban J connectivity index is 1.65. The maximum Gasteiger partial charge on any atom is 0.257 e. The van der Waals surface area contributed by atoms with Gasteiger partial charge in [-0.05, 0) is 36.8 Å². The molecule has 1 aromatic rings. The molecule has 0 N–H and O–H groups in total. The van der Waals surface area contributed by atoms with E-state index < -0.39 is 11.6 Å². The number of benzene rings is 1. The van der Waals surface area contributed by atoms with Crippen molar-refractivity contribution in [3.05, 3.63) is 35.4 Å². The highest BCUT2D eigenvalue weighted by Crippen LogP contribution is 2.37. The fourth-order valence-electron chi connectivity index (χ4n) is 4.35. The number of hydrogen-bond acceptors (Lipinski definition) is 2. The summed E-state index contributed by atoms with van der Waals surface area (Å²) >= 11 is 0. The second-order valence-corrected chi connectivity index (χ2v) is 6.66. The number of hydrogen-bond donors (Lipinski definition) is 0. The van der Waals surface area contributed by atoms with Gasteiger partial charge in [-0.25, -0.2) is 8.78 Å². The van der Waals surface area contributed by atoms with Crippen LogP contribution >= 0.6 is 0 Å². The van der Waals surface area contributed by atoms with Gasteiger partial charge in [-0.3, -0.25) is 4.79 Å². The first kappa shape index (κ1) is 13.2. The van der Waals surface area contributed by atoms with Crippen LogP contribution in [0.15, 0.2) is 18.2 Å². The highest BCUT2D eigenvalue weighted by molar-refractivity contribution is 5.94. The summed E-state index contributed by atoms with van der Waals surface area (Å²) in [5.41, 5.74) is -0.00683. The van der Waals surface area contributed by atoms with E-state index in [9.17, 15) is 13.6 Å². The summed E-state index contributed by atoms with van der Waals surface area (Å²) in [5.74, 6) is -0.538. The number of carbonyl (C=O) groups excluding carboxylic acids is 1. The first-order chi connectivity index (χ1) is 10.1. The largest absolute Gasteiger partial charge is 0.334 e. The normalized spacial score (nSPS) is 34.1. The molecule has 1 aromatic carbocycles. The number of piperidine rings is 2. The first-order valence-electron chi connectivity index (χ1n) is 7.58. The Morgan fingerprint density at radius 3 is 2.62 bits per heavy atom. The molecule has 4 fully saturated rings. The summed E-state index contributed by atoms with van der Waals surface area (Å²) in [7, 11) is 0. The Hall–Kier alpha value is -1.49. The minimum absolute atomic E-state index is 0.00683. The Bertz CT molecular complexity index is 578. The molecule has 5 rings (SSSR count). The van der Waals surface area contributed by atoms with Gasteiger partial charge in [0.1, 0.15) is 11.6 Å². The van der Waals surface area contributed by atoms with Crippen molar-refractivity contribution in [1.29, 1.82) is 0 Å². The topological polar surface area (TPSA) is 23.6 Å². The summed E-state index contributed by atoms with van der Waals surface area (Å²) in [6, 6.07) is 3.38. The van der Waals surface area contributed by atoms with Gasteiger partial charge in [0.05, 0.1) is 5.56 Å². The lowest BCUT2D eigenvalue weighted by Crippen LogP contribution is -2.50. The van der Waals surface area contributed by atoms with Crippen molar-refractivity contribution in [3.63, 3.8) is 0 Å². The van der Waals surface area contributed by atoms with Crippen LogP contribution in [-0.2, 0) is 0 Å². The number of carbonyl (C=O) groups is 1. The Labute approximate surface area is 122 Å². The van der Waals surface area contributed by atoms with Crippen LogP contribution < -0.4 is 0 Å². The summed E-state index contributed by atoms with van der Waals surface area (Å²) in [6.07, 6.45) is 2.18. The maximum atomic E-state index is 13.9. The average Bonchev–Trinajstić information content (AvgIpc) is 2.62. The van der Waals surface area contributed by atoms with E-state index in [2.05, 4.69) is 4.90 Å². The highest BCUT2D eigenvalue weighted by atomic mass is 19.1. The third kappa shape index (κ3) is 2.24. The summed E-state index contributed by atoms with van der Waals surface area (Å²) in [5, 5.41) is 0. The SMILES string of the molecule is O=C(c1ccc(F)cc1F)N1CC2CC3CC1CN(C3)C2. The van der Waals surface area contributed by atoms with E-state index in [1.165, 1.54) is 12.5 Å². The van der Waals surface area contributed by atoms with Crippen molar-refractivity contribution in [1.82, 2.24) is 9.80 Å². The van der Waals surface area contributed by atoms with E-state index >= 15 is 0 Å². The molecule has 4 atom stereocenters. The molecular formula is C16H18F2N2O. The standard InChI is InChI=1S/C16H18F2N2O/c17-12-1-2-14(15(18)5-12)16(21)20-8-11-3-10-4-13(20)9-19(6-10)7-11/h1-2,5,10-11,13H,3-4,6-9H2. The van der Waals surface area contributed by atoms with Crippen LogP contribution in [0.1, 0.15) is 23.2 Å². The number of fused-ring (bicyclic) bond motifs is 1. The molecule has 0 saturated carbocycles. The van der Waals surface area contributed by atoms with Crippen molar-refractivity contribution in [2.75, 3.05) is 26.2 Å². The summed E-state index contributed by atoms with van der Waals surface area (Å²) in [6.45, 7) is 3.78. The third-order valence-electron chi connectivity index (χ3n) is 5.09. The van der Waals surface area contributed by atoms with Gasteiger partial charge in [0.15, 0.2) is 0 Å². The summed E-state index contributed by atoms with van der Waals surface area (Å²) < 4.78 is 26.9. The molecule has 4 aliphatic heterocycles. The van der Waals surface area contributed by atoms with Gasteiger partial charge in [0.25, 0.3) is 5.91 Å². The van der Waals surface area contributed by atoms with Crippen LogP contribution in [0, 0.1) is 23.5 Å². The van der Waals surface area contributed by atoms with Gasteiger partial charge >= 0.3 is 0 Å². The second-order valence-electron chi connectivity index (χ2n) is 6.66. The zero-order valence-electron chi connectivity index (χ0n) is 11.8. The van der Waals surface area contributed by atoms with Crippen LogP contribution in [0.3, 0.4) is 0 Å². The summed E-state index contributed by atoms with van der Waals surface area (Å²) in [4.78, 5) is 17.0. The fraction of sp³-hybridized carbons (Fsp3) is 0.562. The molecule has 4 saturated heterocycles. The average molecular weight is 292 g/mol. The molecule has 0 aliphatic carbocycles. The molecule has 0 radical (unpaired) electrons. The molecule has 4 aliphatic rings. The predicted molar refractivity (Wildman–Crippen MR) is 73.8 cm³/mol. The number of nitrogens with zero attached hydrogens (tertiary/aromatic N) is 2. The van der Waals surface area contributed by atoms with Crippen molar-refractivity contribution < 1.29 is 13.6 Å². The number of amides is 1. The monoisotopic (exact) mass is 292 g/mol. The Kier molecular flexibility index (Phi) is 2.99. The van der Waals surface area contributed by atoms with Crippen molar-refractivity contribution >= 4 is 5.91 Å². The van der Waals surface area contributed by atoms with E-state index in [0.717, 1.165) is 38.2 Å². The van der Waals surface area contributed by atoms with Crippen LogP contribution in [0.5, 0.6) is 0 Å². The zero-order valence-corrected chi connectivity index (χ0v) is 11.8. The lowest BCUT2D eigenvalue weighted by molar-refractivity contribution is 0.0569. The lowest BCUT2D eigenvalue weighted by atomic mass is 9.84. The fourth-order valence-corrected chi connectivity index (χ4v) is 4.35. The lowest BCUT2D eigenvalue weighted by Gasteiger charge is -2.41. The van der Waals surface area contributed by atoms with Crippen molar-refractivity contribution in [2.24, 2.45) is 11.8 Å². The number of halogens is 2. The van der Waals surface area contributed by atoms with E-state index in [1.807, 2.05) is 4.90 Å². The van der Waals surface area contributed by atoms with Crippen LogP contribution in [0.2, 0.25) is 0 Å². The molecule has 5 heteroatoms. The highest BCUT2D eigenvalue weighted by Gasteiger charge is 2.43. The van der Waals surface area contributed by atoms with Gasteiger partial charge < -0.3 is 9.80 Å². The molecule has 3 nitrogen and oxygen atoms in total. The van der Waals surface area contributed by atoms with Gasteiger partial charge in [-0.15, -0.1) is 0 Å². The molecule has 0 spiro atoms. The predicted octanol–water partition coefficient (Wildman–Crippen LogP) is 2.13. The maximum absolute atomic E-state index is 13.9. The minimum Gasteiger partial charge on any atom is -0.334 e. The smallest absolute Gasteiger partial charge is 0.257 e. The molecule has 21 heavy (non-hydrogen) atoms. The van der Waals surface area contributed by atoms with E-state index in [0.29, 0.717) is 18.4 Å². The van der Waals surface area contributed by atoms with Gasteiger partial charge in [0, 0.05) is 38.3 Å². The Morgan fingerprint density at radius 2 is 1.86 bits per heavy atom. The van der Waals surface area contributed by atoms with Gasteiger partial charge in [-0.2, -0.15) is 0 Å². The molecule has 4 heterocycles. The molecule has 4 bridgehead atoms. The quantitative estimate of drug-likeness (QED) is 0.791. The molecule has 0 aromatic heterocycles. The third-order valence-corrected chi connectivity index (χ3v) is 5.09. The molecule has 112 valence electrons. The van der Waals surface area contributed by atoms with Gasteiger partial charge in [-0.1, -0.05) is 0 Å². The van der Waals surface area contributed by atoms with E-state index in [1.54, 1.807) is 0 Å². The first-order valence-corrected chi connectivity index (χ1v) is 7.58. The number of rotatable bonds is 1. The van der Waals surface area contributed by atoms with Crippen molar-refractivity contribution in [3.8, 4) is 0 Å². The molecular weight excluding hydrogens is 274 g/mol. The zero-order chi connectivity index (χ0) is 14.6. The van der Waals surface area contributed by atoms with Gasteiger partial charge in [0.2, 0.25) is 0 Å². The van der Waals surface area contributed by atoms with E-state index in [4.69, 9.17) is 0 Å². The second kappa shape index (κ2) is 4.77. The van der Waals surface area contributed by atoms with E-state index in [-0.39, 0.29) is 17.5 Å². The Morgan fingerprint density at radius 1 is 1.05 bits per heavy atom. The van der Waals surface area contributed by atoms with Crippen molar-refractivity contribution in [2.45, 2.75) is 18.9 Å². The minimum atomic E-state index is -0.760.